The summed E-state index contributed by atoms with van der Waals surface area (Å²) in [6.07, 6.45) is 1.49. The number of furan rings is 1. The summed E-state index contributed by atoms with van der Waals surface area (Å²) >= 11 is 0. The van der Waals surface area contributed by atoms with E-state index in [1.54, 1.807) is 24.1 Å². The van der Waals surface area contributed by atoms with Crippen LogP contribution in [-0.4, -0.2) is 60.9 Å². The summed E-state index contributed by atoms with van der Waals surface area (Å²) in [7, 11) is 1.64. The van der Waals surface area contributed by atoms with Crippen LogP contribution < -0.4 is 10.1 Å². The third-order valence-electron chi connectivity index (χ3n) is 5.98. The van der Waals surface area contributed by atoms with Crippen molar-refractivity contribution < 1.29 is 18.7 Å². The van der Waals surface area contributed by atoms with Gasteiger partial charge in [-0.15, -0.1) is 0 Å². The Morgan fingerprint density at radius 3 is 2.12 bits per heavy atom. The summed E-state index contributed by atoms with van der Waals surface area (Å²) < 4.78 is 10.5. The normalized spacial score (nSPS) is 15.7. The molecule has 2 aromatic carbocycles. The number of ether oxygens (including phenoxy) is 1. The van der Waals surface area contributed by atoms with E-state index < -0.39 is 6.04 Å². The van der Waals surface area contributed by atoms with Gasteiger partial charge >= 0.3 is 0 Å². The molecule has 2 atom stereocenters. The van der Waals surface area contributed by atoms with Gasteiger partial charge in [0.15, 0.2) is 5.76 Å². The van der Waals surface area contributed by atoms with Gasteiger partial charge in [0.1, 0.15) is 5.75 Å². The van der Waals surface area contributed by atoms with Crippen molar-refractivity contribution in [3.63, 3.8) is 0 Å². The molecule has 0 radical (unpaired) electrons. The smallest absolute Gasteiger partial charge is 0.289 e. The Hall–Kier alpha value is -3.58. The van der Waals surface area contributed by atoms with Crippen LogP contribution in [0.4, 0.5) is 0 Å². The Labute approximate surface area is 193 Å². The Kier molecular flexibility index (Phi) is 7.10. The second kappa shape index (κ2) is 10.4. The van der Waals surface area contributed by atoms with Crippen molar-refractivity contribution in [1.82, 2.24) is 15.1 Å². The highest BCUT2D eigenvalue weighted by Gasteiger charge is 2.29. The molecule has 7 heteroatoms. The highest BCUT2D eigenvalue weighted by atomic mass is 16.5. The predicted octanol–water partition coefficient (Wildman–Crippen LogP) is 3.34. The van der Waals surface area contributed by atoms with Crippen LogP contribution >= 0.6 is 0 Å². The molecule has 0 spiro atoms. The molecule has 0 saturated carbocycles. The molecular weight excluding hydrogens is 418 g/mol. The minimum absolute atomic E-state index is 0.0227. The predicted molar refractivity (Wildman–Crippen MR) is 125 cm³/mol. The molecule has 33 heavy (non-hydrogen) atoms. The van der Waals surface area contributed by atoms with Gasteiger partial charge in [-0.1, -0.05) is 42.5 Å². The molecule has 1 aromatic heterocycles. The number of piperazine rings is 1. The SMILES string of the molecule is COc1ccc(C(NC(C)C(=O)N2CCN(C(=O)c3ccco3)CC2)c2ccccc2)cc1. The van der Waals surface area contributed by atoms with E-state index in [2.05, 4.69) is 17.4 Å². The first-order valence-corrected chi connectivity index (χ1v) is 11.1. The van der Waals surface area contributed by atoms with Gasteiger partial charge < -0.3 is 19.0 Å². The van der Waals surface area contributed by atoms with Crippen LogP contribution in [0, 0.1) is 0 Å². The highest BCUT2D eigenvalue weighted by Crippen LogP contribution is 2.25. The van der Waals surface area contributed by atoms with Crippen LogP contribution in [0.25, 0.3) is 0 Å². The van der Waals surface area contributed by atoms with Gasteiger partial charge in [0.05, 0.1) is 25.5 Å². The Morgan fingerprint density at radius 1 is 0.879 bits per heavy atom. The molecule has 2 unspecified atom stereocenters. The molecule has 1 fully saturated rings. The summed E-state index contributed by atoms with van der Waals surface area (Å²) in [4.78, 5) is 29.3. The van der Waals surface area contributed by atoms with Crippen LogP contribution in [0.5, 0.6) is 5.75 Å². The fourth-order valence-corrected chi connectivity index (χ4v) is 4.11. The number of hydrogen-bond donors (Lipinski definition) is 1. The van der Waals surface area contributed by atoms with Crippen molar-refractivity contribution in [1.29, 1.82) is 0 Å². The minimum Gasteiger partial charge on any atom is -0.497 e. The summed E-state index contributed by atoms with van der Waals surface area (Å²) in [6, 6.07) is 20.8. The van der Waals surface area contributed by atoms with E-state index in [1.807, 2.05) is 54.3 Å². The minimum atomic E-state index is -0.398. The Bertz CT molecular complexity index is 1040. The molecule has 7 nitrogen and oxygen atoms in total. The van der Waals surface area contributed by atoms with Gasteiger partial charge in [-0.2, -0.15) is 0 Å². The number of amides is 2. The molecule has 1 aliphatic rings. The zero-order chi connectivity index (χ0) is 23.2. The lowest BCUT2D eigenvalue weighted by atomic mass is 9.97. The molecular formula is C26H29N3O4. The van der Waals surface area contributed by atoms with Crippen molar-refractivity contribution in [2.24, 2.45) is 0 Å². The average molecular weight is 448 g/mol. The van der Waals surface area contributed by atoms with Gasteiger partial charge in [-0.05, 0) is 42.3 Å². The molecule has 0 bridgehead atoms. The van der Waals surface area contributed by atoms with E-state index in [4.69, 9.17) is 9.15 Å². The number of hydrogen-bond acceptors (Lipinski definition) is 5. The van der Waals surface area contributed by atoms with Crippen LogP contribution in [0.3, 0.4) is 0 Å². The van der Waals surface area contributed by atoms with E-state index in [0.29, 0.717) is 31.9 Å². The maximum Gasteiger partial charge on any atom is 0.289 e. The van der Waals surface area contributed by atoms with Crippen molar-refractivity contribution in [3.05, 3.63) is 89.9 Å². The second-order valence-electron chi connectivity index (χ2n) is 8.10. The number of rotatable bonds is 7. The number of carbonyl (C=O) groups excluding carboxylic acids is 2. The first-order chi connectivity index (χ1) is 16.1. The number of carbonyl (C=O) groups is 2. The Morgan fingerprint density at radius 2 is 1.52 bits per heavy atom. The van der Waals surface area contributed by atoms with Gasteiger partial charge in [0.25, 0.3) is 5.91 Å². The van der Waals surface area contributed by atoms with Crippen LogP contribution in [0.2, 0.25) is 0 Å². The zero-order valence-electron chi connectivity index (χ0n) is 18.9. The topological polar surface area (TPSA) is 75.0 Å². The molecule has 1 N–H and O–H groups in total. The van der Waals surface area contributed by atoms with E-state index in [9.17, 15) is 9.59 Å². The lowest BCUT2D eigenvalue weighted by Gasteiger charge is -2.36. The summed E-state index contributed by atoms with van der Waals surface area (Å²) in [5.41, 5.74) is 2.13. The molecule has 2 heterocycles. The molecule has 1 aliphatic heterocycles. The maximum absolute atomic E-state index is 13.2. The van der Waals surface area contributed by atoms with Gasteiger partial charge in [-0.3, -0.25) is 14.9 Å². The number of methoxy groups -OCH3 is 1. The van der Waals surface area contributed by atoms with Crippen molar-refractivity contribution >= 4 is 11.8 Å². The number of nitrogens with zero attached hydrogens (tertiary/aromatic N) is 2. The van der Waals surface area contributed by atoms with Gasteiger partial charge in [-0.25, -0.2) is 0 Å². The standard InChI is InChI=1S/C26H29N3O4/c1-19(25(30)28-14-16-29(17-15-28)26(31)23-9-6-18-33-23)27-24(20-7-4-3-5-8-20)21-10-12-22(32-2)13-11-21/h3-13,18-19,24,27H,14-17H2,1-2H3. The molecule has 3 aromatic rings. The quantitative estimate of drug-likeness (QED) is 0.601. The van der Waals surface area contributed by atoms with Crippen LogP contribution in [-0.2, 0) is 4.79 Å². The Balaban J connectivity index is 1.42. The average Bonchev–Trinajstić information content (AvgIpc) is 3.42. The molecule has 4 rings (SSSR count). The monoisotopic (exact) mass is 447 g/mol. The fourth-order valence-electron chi connectivity index (χ4n) is 4.11. The zero-order valence-corrected chi connectivity index (χ0v) is 18.9. The first kappa shape index (κ1) is 22.6. The number of nitrogens with one attached hydrogen (secondary N) is 1. The lowest BCUT2D eigenvalue weighted by Crippen LogP contribution is -2.54. The summed E-state index contributed by atoms with van der Waals surface area (Å²) in [6.45, 7) is 3.85. The van der Waals surface area contributed by atoms with Crippen molar-refractivity contribution in [2.75, 3.05) is 33.3 Å². The molecule has 1 saturated heterocycles. The summed E-state index contributed by atoms with van der Waals surface area (Å²) in [5.74, 6) is 1.00. The van der Waals surface area contributed by atoms with E-state index >= 15 is 0 Å². The number of benzene rings is 2. The van der Waals surface area contributed by atoms with Crippen molar-refractivity contribution in [3.8, 4) is 5.75 Å². The second-order valence-corrected chi connectivity index (χ2v) is 8.10. The van der Waals surface area contributed by atoms with Crippen LogP contribution in [0.15, 0.2) is 77.4 Å². The van der Waals surface area contributed by atoms with Gasteiger partial charge in [0.2, 0.25) is 5.91 Å². The first-order valence-electron chi connectivity index (χ1n) is 11.1. The molecule has 2 amide bonds. The fraction of sp³-hybridized carbons (Fsp3) is 0.308. The molecule has 172 valence electrons. The summed E-state index contributed by atoms with van der Waals surface area (Å²) in [5, 5.41) is 3.51. The largest absolute Gasteiger partial charge is 0.497 e. The van der Waals surface area contributed by atoms with Gasteiger partial charge in [0, 0.05) is 26.2 Å². The third kappa shape index (κ3) is 5.26. The van der Waals surface area contributed by atoms with E-state index in [1.165, 1.54) is 6.26 Å². The van der Waals surface area contributed by atoms with Crippen molar-refractivity contribution in [2.45, 2.75) is 19.0 Å². The van der Waals surface area contributed by atoms with E-state index in [-0.39, 0.29) is 17.9 Å². The van der Waals surface area contributed by atoms with E-state index in [0.717, 1.165) is 16.9 Å². The third-order valence-corrected chi connectivity index (χ3v) is 5.98. The highest BCUT2D eigenvalue weighted by molar-refractivity contribution is 5.91. The molecule has 0 aliphatic carbocycles. The maximum atomic E-state index is 13.2. The lowest BCUT2D eigenvalue weighted by molar-refractivity contribution is -0.134. The van der Waals surface area contributed by atoms with Crippen LogP contribution in [0.1, 0.15) is 34.6 Å².